The van der Waals surface area contributed by atoms with E-state index < -0.39 is 17.5 Å². The van der Waals surface area contributed by atoms with Crippen LogP contribution in [0.3, 0.4) is 0 Å². The van der Waals surface area contributed by atoms with E-state index in [2.05, 4.69) is 25.8 Å². The Hall–Kier alpha value is -3.76. The summed E-state index contributed by atoms with van der Waals surface area (Å²) in [7, 11) is 0. The normalized spacial score (nSPS) is 14.5. The monoisotopic (exact) mass is 444 g/mol. The maximum Gasteiger partial charge on any atom is 0.253 e. The van der Waals surface area contributed by atoms with Crippen molar-refractivity contribution in [1.29, 1.82) is 0 Å². The number of aromatic nitrogens is 2. The summed E-state index contributed by atoms with van der Waals surface area (Å²) in [6.07, 6.45) is 1.79. The maximum absolute atomic E-state index is 13.3. The number of hydrogen-bond donors (Lipinski definition) is 3. The molecule has 0 aliphatic carbocycles. The van der Waals surface area contributed by atoms with Crippen LogP contribution in [0.4, 0.5) is 20.2 Å². The highest BCUT2D eigenvalue weighted by molar-refractivity contribution is 6.00. The summed E-state index contributed by atoms with van der Waals surface area (Å²) in [5.74, 6) is -3.13. The summed E-state index contributed by atoms with van der Waals surface area (Å²) in [5, 5.41) is 12.8. The number of nitrogens with one attached hydrogen (secondary N) is 2. The third kappa shape index (κ3) is 4.76. The summed E-state index contributed by atoms with van der Waals surface area (Å²) in [4.78, 5) is 26.4. The van der Waals surface area contributed by atoms with Gasteiger partial charge in [-0.1, -0.05) is 0 Å². The van der Waals surface area contributed by atoms with Crippen molar-refractivity contribution in [2.24, 2.45) is 5.92 Å². The number of piperidine rings is 1. The lowest BCUT2D eigenvalue weighted by Crippen LogP contribution is -2.42. The van der Waals surface area contributed by atoms with E-state index in [9.17, 15) is 18.4 Å². The summed E-state index contributed by atoms with van der Waals surface area (Å²) >= 11 is 0. The first kappa shape index (κ1) is 21.5. The van der Waals surface area contributed by atoms with Crippen LogP contribution in [0.5, 0.6) is 0 Å². The van der Waals surface area contributed by atoms with Crippen LogP contribution in [0.25, 0.3) is 11.0 Å². The summed E-state index contributed by atoms with van der Waals surface area (Å²) in [6, 6.07) is 7.24. The number of nitrogens with zero attached hydrogens (tertiary/aromatic N) is 3. The van der Waals surface area contributed by atoms with Crippen molar-refractivity contribution in [2.45, 2.75) is 12.8 Å². The SMILES string of the molecule is Nc1cc(F)c(F)cc1C(=O)NCC(=O)NCC1CCN(c2ccc3nonc3c2)CC1. The molecule has 2 heterocycles. The van der Waals surface area contributed by atoms with Gasteiger partial charge in [0.15, 0.2) is 11.6 Å². The van der Waals surface area contributed by atoms with Crippen LogP contribution in [-0.2, 0) is 4.79 Å². The van der Waals surface area contributed by atoms with Crippen LogP contribution in [-0.4, -0.2) is 48.3 Å². The summed E-state index contributed by atoms with van der Waals surface area (Å²) in [5.41, 5.74) is 7.60. The fourth-order valence-corrected chi connectivity index (χ4v) is 3.70. The van der Waals surface area contributed by atoms with Crippen molar-refractivity contribution >= 4 is 34.2 Å². The standard InChI is InChI=1S/C21H22F2N6O3/c22-15-8-14(17(24)9-16(15)23)21(31)26-11-20(30)25-10-12-3-5-29(6-4-12)13-1-2-18-19(7-13)28-32-27-18/h1-2,7-9,12H,3-6,10-11,24H2,(H,25,30)(H,26,31). The lowest BCUT2D eigenvalue weighted by atomic mass is 9.96. The number of halogens is 2. The number of benzene rings is 2. The van der Waals surface area contributed by atoms with Crippen molar-refractivity contribution in [3.63, 3.8) is 0 Å². The molecule has 168 valence electrons. The predicted octanol–water partition coefficient (Wildman–Crippen LogP) is 1.85. The summed E-state index contributed by atoms with van der Waals surface area (Å²) < 4.78 is 31.2. The molecule has 0 spiro atoms. The van der Waals surface area contributed by atoms with Crippen LogP contribution in [0.1, 0.15) is 23.2 Å². The Morgan fingerprint density at radius 2 is 1.78 bits per heavy atom. The lowest BCUT2D eigenvalue weighted by molar-refractivity contribution is -0.120. The molecule has 4 rings (SSSR count). The molecule has 1 fully saturated rings. The molecule has 1 saturated heterocycles. The second-order valence-electron chi connectivity index (χ2n) is 7.71. The van der Waals surface area contributed by atoms with E-state index in [4.69, 9.17) is 10.4 Å². The number of fused-ring (bicyclic) bond motifs is 1. The Morgan fingerprint density at radius 1 is 1.06 bits per heavy atom. The molecule has 0 atom stereocenters. The smallest absolute Gasteiger partial charge is 0.253 e. The van der Waals surface area contributed by atoms with Gasteiger partial charge in [-0.25, -0.2) is 13.4 Å². The molecule has 1 aliphatic rings. The van der Waals surface area contributed by atoms with E-state index in [0.29, 0.717) is 29.6 Å². The van der Waals surface area contributed by atoms with Gasteiger partial charge in [-0.15, -0.1) is 0 Å². The first-order valence-corrected chi connectivity index (χ1v) is 10.2. The van der Waals surface area contributed by atoms with Crippen LogP contribution < -0.4 is 21.3 Å². The number of nitrogens with two attached hydrogens (primary N) is 1. The fraction of sp³-hybridized carbons (Fsp3) is 0.333. The van der Waals surface area contributed by atoms with E-state index in [1.165, 1.54) is 0 Å². The molecule has 4 N–H and O–H groups in total. The molecule has 1 aromatic heterocycles. The van der Waals surface area contributed by atoms with Crippen molar-refractivity contribution in [2.75, 3.05) is 36.8 Å². The molecule has 0 unspecified atom stereocenters. The molecule has 3 aromatic rings. The Bertz CT molecular complexity index is 1140. The summed E-state index contributed by atoms with van der Waals surface area (Å²) in [6.45, 7) is 1.87. The van der Waals surface area contributed by atoms with Crippen molar-refractivity contribution < 1.29 is 23.0 Å². The Morgan fingerprint density at radius 3 is 2.56 bits per heavy atom. The van der Waals surface area contributed by atoms with Crippen molar-refractivity contribution in [1.82, 2.24) is 20.9 Å². The van der Waals surface area contributed by atoms with Gasteiger partial charge in [0.05, 0.1) is 12.1 Å². The topological polar surface area (TPSA) is 126 Å². The lowest BCUT2D eigenvalue weighted by Gasteiger charge is -2.33. The number of hydrogen-bond acceptors (Lipinski definition) is 7. The fourth-order valence-electron chi connectivity index (χ4n) is 3.70. The second-order valence-corrected chi connectivity index (χ2v) is 7.71. The number of rotatable bonds is 6. The van der Waals surface area contributed by atoms with Crippen LogP contribution >= 0.6 is 0 Å². The third-order valence-electron chi connectivity index (χ3n) is 5.55. The quantitative estimate of drug-likeness (QED) is 0.495. The van der Waals surface area contributed by atoms with E-state index in [1.807, 2.05) is 18.2 Å². The van der Waals surface area contributed by atoms with Gasteiger partial charge in [0.25, 0.3) is 5.91 Å². The first-order valence-electron chi connectivity index (χ1n) is 10.2. The molecular weight excluding hydrogens is 422 g/mol. The zero-order chi connectivity index (χ0) is 22.7. The highest BCUT2D eigenvalue weighted by Crippen LogP contribution is 2.25. The molecule has 0 bridgehead atoms. The second kappa shape index (κ2) is 9.16. The van der Waals surface area contributed by atoms with Gasteiger partial charge in [-0.3, -0.25) is 9.59 Å². The number of anilines is 2. The Labute approximate surface area is 181 Å². The minimum absolute atomic E-state index is 0.201. The number of carbonyl (C=O) groups is 2. The zero-order valence-corrected chi connectivity index (χ0v) is 17.1. The minimum Gasteiger partial charge on any atom is -0.398 e. The predicted molar refractivity (Wildman–Crippen MR) is 113 cm³/mol. The highest BCUT2D eigenvalue weighted by Gasteiger charge is 2.21. The first-order chi connectivity index (χ1) is 15.4. The van der Waals surface area contributed by atoms with Crippen LogP contribution in [0, 0.1) is 17.6 Å². The zero-order valence-electron chi connectivity index (χ0n) is 17.1. The molecule has 2 amide bonds. The molecule has 32 heavy (non-hydrogen) atoms. The Balaban J connectivity index is 1.20. The van der Waals surface area contributed by atoms with Gasteiger partial charge in [0, 0.05) is 37.1 Å². The molecule has 9 nitrogen and oxygen atoms in total. The van der Waals surface area contributed by atoms with Gasteiger partial charge in [-0.05, 0) is 53.3 Å². The van der Waals surface area contributed by atoms with Crippen molar-refractivity contribution in [3.05, 3.63) is 47.5 Å². The molecule has 2 aromatic carbocycles. The Kier molecular flexibility index (Phi) is 6.15. The van der Waals surface area contributed by atoms with Gasteiger partial charge in [0.1, 0.15) is 11.0 Å². The van der Waals surface area contributed by atoms with E-state index in [-0.39, 0.29) is 23.7 Å². The highest BCUT2D eigenvalue weighted by atomic mass is 19.2. The molecular formula is C21H22F2N6O3. The van der Waals surface area contributed by atoms with E-state index in [1.54, 1.807) is 0 Å². The molecule has 1 aliphatic heterocycles. The van der Waals surface area contributed by atoms with Gasteiger partial charge < -0.3 is 21.3 Å². The minimum atomic E-state index is -1.18. The average molecular weight is 444 g/mol. The van der Waals surface area contributed by atoms with Gasteiger partial charge in [-0.2, -0.15) is 0 Å². The number of nitrogen functional groups attached to an aromatic ring is 1. The van der Waals surface area contributed by atoms with Crippen molar-refractivity contribution in [3.8, 4) is 0 Å². The molecule has 11 heteroatoms. The van der Waals surface area contributed by atoms with E-state index in [0.717, 1.165) is 37.7 Å². The van der Waals surface area contributed by atoms with Gasteiger partial charge >= 0.3 is 0 Å². The average Bonchev–Trinajstić information content (AvgIpc) is 3.27. The van der Waals surface area contributed by atoms with Crippen LogP contribution in [0.2, 0.25) is 0 Å². The number of carbonyl (C=O) groups excluding carboxylic acids is 2. The largest absolute Gasteiger partial charge is 0.398 e. The number of amides is 2. The third-order valence-corrected chi connectivity index (χ3v) is 5.55. The maximum atomic E-state index is 13.3. The van der Waals surface area contributed by atoms with E-state index >= 15 is 0 Å². The molecule has 0 radical (unpaired) electrons. The molecule has 0 saturated carbocycles. The van der Waals surface area contributed by atoms with Crippen LogP contribution in [0.15, 0.2) is 35.0 Å². The van der Waals surface area contributed by atoms with Gasteiger partial charge in [0.2, 0.25) is 5.91 Å².